The Bertz CT molecular complexity index is 1280. The number of rotatable bonds is 6. The van der Waals surface area contributed by atoms with Crippen LogP contribution < -0.4 is 10.6 Å². The van der Waals surface area contributed by atoms with E-state index in [4.69, 9.17) is 16.3 Å². The van der Waals surface area contributed by atoms with Crippen LogP contribution in [-0.4, -0.2) is 40.9 Å². The highest BCUT2D eigenvalue weighted by atomic mass is 35.5. The second-order valence-corrected chi connectivity index (χ2v) is 8.92. The molecule has 0 spiro atoms. The number of anilines is 2. The van der Waals surface area contributed by atoms with E-state index in [0.717, 1.165) is 11.1 Å². The number of hydrogen-bond donors (Lipinski definition) is 2. The molecule has 0 radical (unpaired) electrons. The molecule has 3 aromatic rings. The summed E-state index contributed by atoms with van der Waals surface area (Å²) >= 11 is 6.07. The van der Waals surface area contributed by atoms with Crippen LogP contribution in [0.2, 0.25) is 5.02 Å². The number of carbonyl (C=O) groups is 3. The number of para-hydroxylation sites is 1. The molecule has 0 aliphatic carbocycles. The summed E-state index contributed by atoms with van der Waals surface area (Å²) in [5.74, 6) is -0.720. The maximum Gasteiger partial charge on any atom is 0.328 e. The predicted molar refractivity (Wildman–Crippen MR) is 134 cm³/mol. The van der Waals surface area contributed by atoms with E-state index in [-0.39, 0.29) is 11.8 Å². The Hall–Kier alpha value is -3.91. The number of hydrogen-bond acceptors (Lipinski definition) is 5. The van der Waals surface area contributed by atoms with E-state index >= 15 is 0 Å². The number of aromatic nitrogens is 1. The van der Waals surface area contributed by atoms with Crippen LogP contribution in [0.1, 0.15) is 29.8 Å². The van der Waals surface area contributed by atoms with Crippen molar-refractivity contribution in [1.82, 2.24) is 9.88 Å². The first kappa shape index (κ1) is 24.2. The number of nitrogens with zero attached hydrogens (tertiary/aromatic N) is 2. The van der Waals surface area contributed by atoms with Gasteiger partial charge in [-0.15, -0.1) is 0 Å². The number of nitrogens with one attached hydrogen (secondary N) is 2. The van der Waals surface area contributed by atoms with Crippen molar-refractivity contribution in [3.63, 3.8) is 0 Å². The highest BCUT2D eigenvalue weighted by molar-refractivity contribution is 6.33. The summed E-state index contributed by atoms with van der Waals surface area (Å²) in [7, 11) is 1.33. The van der Waals surface area contributed by atoms with Crippen molar-refractivity contribution in [2.24, 2.45) is 5.92 Å². The van der Waals surface area contributed by atoms with Gasteiger partial charge in [0.2, 0.25) is 0 Å². The van der Waals surface area contributed by atoms with Crippen molar-refractivity contribution >= 4 is 40.9 Å². The van der Waals surface area contributed by atoms with Crippen molar-refractivity contribution in [3.8, 4) is 11.3 Å². The molecule has 0 saturated carbocycles. The molecule has 3 amide bonds. The van der Waals surface area contributed by atoms with Crippen LogP contribution in [-0.2, 0) is 16.1 Å². The first-order valence-corrected chi connectivity index (χ1v) is 11.5. The van der Waals surface area contributed by atoms with Gasteiger partial charge in [-0.05, 0) is 41.8 Å². The third kappa shape index (κ3) is 5.12. The molecular weight excluding hydrogens is 468 g/mol. The molecule has 1 aliphatic heterocycles. The maximum atomic E-state index is 13.1. The van der Waals surface area contributed by atoms with Gasteiger partial charge in [0.25, 0.3) is 5.91 Å². The topological polar surface area (TPSA) is 101 Å². The van der Waals surface area contributed by atoms with Crippen molar-refractivity contribution < 1.29 is 19.1 Å². The monoisotopic (exact) mass is 492 g/mol. The summed E-state index contributed by atoms with van der Waals surface area (Å²) in [5.41, 5.74) is 3.79. The fourth-order valence-corrected chi connectivity index (χ4v) is 4.26. The number of methoxy groups -OCH3 is 1. The lowest BCUT2D eigenvalue weighted by molar-refractivity contribution is -0.147. The number of urea groups is 1. The number of esters is 1. The van der Waals surface area contributed by atoms with Gasteiger partial charge in [-0.1, -0.05) is 49.7 Å². The molecule has 1 atom stereocenters. The molecule has 0 bridgehead atoms. The van der Waals surface area contributed by atoms with Gasteiger partial charge in [-0.3, -0.25) is 9.78 Å². The third-order valence-electron chi connectivity index (χ3n) is 5.79. The first-order valence-electron chi connectivity index (χ1n) is 11.1. The van der Waals surface area contributed by atoms with Crippen molar-refractivity contribution in [2.75, 3.05) is 17.7 Å². The second kappa shape index (κ2) is 10.1. The summed E-state index contributed by atoms with van der Waals surface area (Å²) < 4.78 is 4.92. The van der Waals surface area contributed by atoms with Crippen LogP contribution in [0, 0.1) is 5.92 Å². The summed E-state index contributed by atoms with van der Waals surface area (Å²) in [6.45, 7) is 4.12. The molecule has 0 unspecified atom stereocenters. The lowest BCUT2D eigenvalue weighted by Gasteiger charge is -2.28. The number of halogens is 1. The molecular formula is C26H25ClN4O4. The van der Waals surface area contributed by atoms with Crippen LogP contribution in [0.4, 0.5) is 16.2 Å². The molecule has 1 aromatic heterocycles. The van der Waals surface area contributed by atoms with Crippen molar-refractivity contribution in [1.29, 1.82) is 0 Å². The SMILES string of the molecule is COC(=O)[C@H](C(C)C)N1Cc2ccc(-c3ccc(NC(=O)Nc4ccccc4Cl)cn3)cc2C1=O. The second-order valence-electron chi connectivity index (χ2n) is 8.51. The van der Waals surface area contributed by atoms with Crippen LogP contribution in [0.5, 0.6) is 0 Å². The van der Waals surface area contributed by atoms with E-state index < -0.39 is 18.0 Å². The van der Waals surface area contributed by atoms with Gasteiger partial charge >= 0.3 is 12.0 Å². The van der Waals surface area contributed by atoms with E-state index in [9.17, 15) is 14.4 Å². The van der Waals surface area contributed by atoms with Gasteiger partial charge in [-0.2, -0.15) is 0 Å². The Kier molecular flexibility index (Phi) is 7.02. The Morgan fingerprint density at radius 3 is 2.51 bits per heavy atom. The standard InChI is InChI=1S/C26H25ClN4O4/c1-15(2)23(25(33)35-3)31-14-17-9-8-16(12-19(17)24(31)32)21-11-10-18(13-28-21)29-26(34)30-22-7-5-4-6-20(22)27/h4-13,15,23H,14H2,1-3H3,(H2,29,30,34)/t23-/m0/s1. The van der Waals surface area contributed by atoms with Gasteiger partial charge in [-0.25, -0.2) is 9.59 Å². The molecule has 2 heterocycles. The summed E-state index contributed by atoms with van der Waals surface area (Å²) in [6, 6.07) is 14.9. The molecule has 1 aliphatic rings. The Balaban J connectivity index is 1.48. The number of carbonyl (C=O) groups excluding carboxylic acids is 3. The molecule has 2 aromatic carbocycles. The molecule has 180 valence electrons. The van der Waals surface area contributed by atoms with E-state index in [2.05, 4.69) is 15.6 Å². The molecule has 0 saturated heterocycles. The number of benzene rings is 2. The number of fused-ring (bicyclic) bond motifs is 1. The van der Waals surface area contributed by atoms with E-state index in [1.807, 2.05) is 26.0 Å². The van der Waals surface area contributed by atoms with Gasteiger partial charge in [0.15, 0.2) is 0 Å². The summed E-state index contributed by atoms with van der Waals surface area (Å²) in [5, 5.41) is 5.84. The largest absolute Gasteiger partial charge is 0.467 e. The minimum absolute atomic E-state index is 0.0861. The quantitative estimate of drug-likeness (QED) is 0.460. The minimum atomic E-state index is -0.649. The van der Waals surface area contributed by atoms with Gasteiger partial charge in [0, 0.05) is 17.7 Å². The fraction of sp³-hybridized carbons (Fsp3) is 0.231. The predicted octanol–water partition coefficient (Wildman–Crippen LogP) is 5.20. The maximum absolute atomic E-state index is 13.1. The third-order valence-corrected chi connectivity index (χ3v) is 6.12. The van der Waals surface area contributed by atoms with Gasteiger partial charge in [0.1, 0.15) is 6.04 Å². The minimum Gasteiger partial charge on any atom is -0.467 e. The van der Waals surface area contributed by atoms with Gasteiger partial charge in [0.05, 0.1) is 35.4 Å². The first-order chi connectivity index (χ1) is 16.8. The molecule has 4 rings (SSSR count). The zero-order valence-corrected chi connectivity index (χ0v) is 20.3. The van der Waals surface area contributed by atoms with E-state index in [0.29, 0.717) is 34.2 Å². The summed E-state index contributed by atoms with van der Waals surface area (Å²) in [4.78, 5) is 43.7. The summed E-state index contributed by atoms with van der Waals surface area (Å²) in [6.07, 6.45) is 1.54. The molecule has 9 heteroatoms. The Labute approximate surface area is 208 Å². The molecule has 8 nitrogen and oxygen atoms in total. The zero-order chi connectivity index (χ0) is 25.1. The highest BCUT2D eigenvalue weighted by Crippen LogP contribution is 2.31. The number of pyridine rings is 1. The van der Waals surface area contributed by atoms with Crippen LogP contribution >= 0.6 is 11.6 Å². The highest BCUT2D eigenvalue weighted by Gasteiger charge is 2.38. The van der Waals surface area contributed by atoms with E-state index in [1.165, 1.54) is 13.3 Å². The fourth-order valence-electron chi connectivity index (χ4n) is 4.07. The zero-order valence-electron chi connectivity index (χ0n) is 19.5. The normalized spacial score (nSPS) is 13.4. The average molecular weight is 493 g/mol. The Morgan fingerprint density at radius 2 is 1.86 bits per heavy atom. The van der Waals surface area contributed by atoms with Crippen molar-refractivity contribution in [3.05, 3.63) is 76.9 Å². The van der Waals surface area contributed by atoms with Crippen LogP contribution in [0.15, 0.2) is 60.8 Å². The average Bonchev–Trinajstić information content (AvgIpc) is 3.16. The molecule has 2 N–H and O–H groups in total. The lowest BCUT2D eigenvalue weighted by atomic mass is 10.0. The van der Waals surface area contributed by atoms with Crippen LogP contribution in [0.25, 0.3) is 11.3 Å². The number of amides is 3. The Morgan fingerprint density at radius 1 is 1.09 bits per heavy atom. The number of ether oxygens (including phenoxy) is 1. The van der Waals surface area contributed by atoms with E-state index in [1.54, 1.807) is 47.4 Å². The van der Waals surface area contributed by atoms with Gasteiger partial charge < -0.3 is 20.3 Å². The molecule has 35 heavy (non-hydrogen) atoms. The molecule has 0 fully saturated rings. The smallest absolute Gasteiger partial charge is 0.328 e. The van der Waals surface area contributed by atoms with Crippen molar-refractivity contribution in [2.45, 2.75) is 26.4 Å². The van der Waals surface area contributed by atoms with Crippen LogP contribution in [0.3, 0.4) is 0 Å². The lowest BCUT2D eigenvalue weighted by Crippen LogP contribution is -2.45.